The van der Waals surface area contributed by atoms with E-state index in [2.05, 4.69) is 52.4 Å². The fourth-order valence-electron chi connectivity index (χ4n) is 3.22. The summed E-state index contributed by atoms with van der Waals surface area (Å²) in [5, 5.41) is 3.63. The Morgan fingerprint density at radius 2 is 1.95 bits per heavy atom. The lowest BCUT2D eigenvalue weighted by atomic mass is 9.88. The Kier molecular flexibility index (Phi) is 5.36. The number of rotatable bonds is 6. The summed E-state index contributed by atoms with van der Waals surface area (Å²) in [6.07, 6.45) is 8.40. The molecule has 0 saturated heterocycles. The van der Waals surface area contributed by atoms with Crippen molar-refractivity contribution in [2.24, 2.45) is 5.92 Å². The smallest absolute Gasteiger partial charge is 0.0953 e. The first kappa shape index (κ1) is 15.5. The zero-order chi connectivity index (χ0) is 14.7. The van der Waals surface area contributed by atoms with Crippen molar-refractivity contribution in [3.8, 4) is 0 Å². The molecule has 2 aliphatic rings. The molecule has 0 radical (unpaired) electrons. The molecule has 0 bridgehead atoms. The Hall–Kier alpha value is -0.380. The van der Waals surface area contributed by atoms with Crippen molar-refractivity contribution in [3.05, 3.63) is 34.3 Å². The summed E-state index contributed by atoms with van der Waals surface area (Å²) in [4.78, 5) is 0. The molecule has 3 unspecified atom stereocenters. The molecule has 0 aliphatic heterocycles. The van der Waals surface area contributed by atoms with Crippen LogP contribution in [0.4, 0.5) is 0 Å². The number of hydrogen-bond acceptors (Lipinski definition) is 2. The van der Waals surface area contributed by atoms with Crippen LogP contribution in [0.3, 0.4) is 0 Å². The second-order valence-corrected chi connectivity index (χ2v) is 7.67. The second kappa shape index (κ2) is 7.26. The first-order valence-corrected chi connectivity index (χ1v) is 9.14. The zero-order valence-electron chi connectivity index (χ0n) is 12.9. The minimum absolute atomic E-state index is 0.189. The Balaban J connectivity index is 1.63. The third-order valence-electron chi connectivity index (χ3n) is 4.66. The van der Waals surface area contributed by atoms with Crippen molar-refractivity contribution in [1.82, 2.24) is 5.32 Å². The lowest BCUT2D eigenvalue weighted by Gasteiger charge is -2.31. The van der Waals surface area contributed by atoms with Crippen LogP contribution in [-0.2, 0) is 4.74 Å². The van der Waals surface area contributed by atoms with Gasteiger partial charge in [0.05, 0.1) is 12.2 Å². The average molecular weight is 352 g/mol. The van der Waals surface area contributed by atoms with Gasteiger partial charge in [-0.1, -0.05) is 47.8 Å². The van der Waals surface area contributed by atoms with Crippen molar-refractivity contribution in [3.63, 3.8) is 0 Å². The fourth-order valence-corrected chi connectivity index (χ4v) is 3.48. The molecule has 3 rings (SSSR count). The monoisotopic (exact) mass is 351 g/mol. The summed E-state index contributed by atoms with van der Waals surface area (Å²) < 4.78 is 7.62. The summed E-state index contributed by atoms with van der Waals surface area (Å²) in [6.45, 7) is 3.30. The molecule has 2 aliphatic carbocycles. The van der Waals surface area contributed by atoms with E-state index in [0.717, 1.165) is 23.0 Å². The van der Waals surface area contributed by atoms with Crippen LogP contribution in [0.2, 0.25) is 0 Å². The average Bonchev–Trinajstić information content (AvgIpc) is 3.29. The molecule has 0 heterocycles. The third kappa shape index (κ3) is 4.80. The standard InChI is InChI=1S/C18H26BrNO/c1-13-3-2-4-17(11-13)21-18(12-20-16-9-10-16)14-5-7-15(19)8-6-14/h5-8,13,16-18,20H,2-4,9-12H2,1H3. The van der Waals surface area contributed by atoms with E-state index in [4.69, 9.17) is 4.74 Å². The molecular formula is C18H26BrNO. The van der Waals surface area contributed by atoms with Gasteiger partial charge in [-0.15, -0.1) is 0 Å². The van der Waals surface area contributed by atoms with E-state index in [1.54, 1.807) is 0 Å². The minimum Gasteiger partial charge on any atom is -0.369 e. The Morgan fingerprint density at radius 3 is 2.62 bits per heavy atom. The first-order valence-electron chi connectivity index (χ1n) is 8.35. The molecule has 2 saturated carbocycles. The van der Waals surface area contributed by atoms with Crippen LogP contribution < -0.4 is 5.32 Å². The van der Waals surface area contributed by atoms with Crippen LogP contribution in [0.15, 0.2) is 28.7 Å². The topological polar surface area (TPSA) is 21.3 Å². The maximum atomic E-state index is 6.49. The van der Waals surface area contributed by atoms with Gasteiger partial charge in [0, 0.05) is 17.1 Å². The van der Waals surface area contributed by atoms with Crippen molar-refractivity contribution >= 4 is 15.9 Å². The van der Waals surface area contributed by atoms with Gasteiger partial charge in [0.2, 0.25) is 0 Å². The van der Waals surface area contributed by atoms with Gasteiger partial charge in [-0.3, -0.25) is 0 Å². The Labute approximate surface area is 136 Å². The van der Waals surface area contributed by atoms with Crippen molar-refractivity contribution in [2.45, 2.75) is 63.7 Å². The Morgan fingerprint density at radius 1 is 1.19 bits per heavy atom. The number of halogens is 1. The van der Waals surface area contributed by atoms with Crippen molar-refractivity contribution < 1.29 is 4.74 Å². The molecular weight excluding hydrogens is 326 g/mol. The largest absolute Gasteiger partial charge is 0.369 e. The van der Waals surface area contributed by atoms with Crippen molar-refractivity contribution in [1.29, 1.82) is 0 Å². The van der Waals surface area contributed by atoms with E-state index < -0.39 is 0 Å². The van der Waals surface area contributed by atoms with Gasteiger partial charge in [-0.2, -0.15) is 0 Å². The summed E-state index contributed by atoms with van der Waals surface area (Å²) in [5.74, 6) is 0.811. The van der Waals surface area contributed by atoms with Gasteiger partial charge in [0.1, 0.15) is 0 Å². The van der Waals surface area contributed by atoms with E-state index in [9.17, 15) is 0 Å². The Bertz CT molecular complexity index is 443. The number of benzene rings is 1. The van der Waals surface area contributed by atoms with E-state index in [1.807, 2.05) is 0 Å². The van der Waals surface area contributed by atoms with E-state index in [-0.39, 0.29) is 6.10 Å². The zero-order valence-corrected chi connectivity index (χ0v) is 14.4. The third-order valence-corrected chi connectivity index (χ3v) is 5.18. The van der Waals surface area contributed by atoms with E-state index in [1.165, 1.54) is 44.1 Å². The predicted molar refractivity (Wildman–Crippen MR) is 90.4 cm³/mol. The maximum Gasteiger partial charge on any atom is 0.0953 e. The summed E-state index contributed by atoms with van der Waals surface area (Å²) >= 11 is 3.52. The lowest BCUT2D eigenvalue weighted by molar-refractivity contribution is -0.0396. The summed E-state index contributed by atoms with van der Waals surface area (Å²) in [7, 11) is 0. The molecule has 116 valence electrons. The molecule has 1 aromatic rings. The van der Waals surface area contributed by atoms with Gasteiger partial charge in [-0.05, 0) is 49.3 Å². The normalized spacial score (nSPS) is 27.5. The van der Waals surface area contributed by atoms with Crippen LogP contribution in [0.5, 0.6) is 0 Å². The lowest BCUT2D eigenvalue weighted by Crippen LogP contribution is -2.30. The first-order chi connectivity index (χ1) is 10.2. The van der Waals surface area contributed by atoms with Crippen LogP contribution in [0.1, 0.15) is 57.1 Å². The molecule has 0 spiro atoms. The fraction of sp³-hybridized carbons (Fsp3) is 0.667. The molecule has 2 fully saturated rings. The van der Waals surface area contributed by atoms with Gasteiger partial charge in [0.15, 0.2) is 0 Å². The number of nitrogens with one attached hydrogen (secondary N) is 1. The highest BCUT2D eigenvalue weighted by Gasteiger charge is 2.26. The van der Waals surface area contributed by atoms with Crippen molar-refractivity contribution in [2.75, 3.05) is 6.54 Å². The van der Waals surface area contributed by atoms with Gasteiger partial charge in [0.25, 0.3) is 0 Å². The van der Waals surface area contributed by atoms with Crippen LogP contribution in [0, 0.1) is 5.92 Å². The van der Waals surface area contributed by atoms with E-state index >= 15 is 0 Å². The summed E-state index contributed by atoms with van der Waals surface area (Å²) in [6, 6.07) is 9.35. The number of ether oxygens (including phenoxy) is 1. The molecule has 1 N–H and O–H groups in total. The highest BCUT2D eigenvalue weighted by Crippen LogP contribution is 2.31. The highest BCUT2D eigenvalue weighted by molar-refractivity contribution is 9.10. The van der Waals surface area contributed by atoms with Gasteiger partial charge < -0.3 is 10.1 Å². The van der Waals surface area contributed by atoms with Crippen LogP contribution in [-0.4, -0.2) is 18.7 Å². The van der Waals surface area contributed by atoms with Crippen LogP contribution in [0.25, 0.3) is 0 Å². The SMILES string of the molecule is CC1CCCC(OC(CNC2CC2)c2ccc(Br)cc2)C1. The molecule has 2 nitrogen and oxygen atoms in total. The molecule has 21 heavy (non-hydrogen) atoms. The minimum atomic E-state index is 0.189. The molecule has 1 aromatic carbocycles. The van der Waals surface area contributed by atoms with Crippen LogP contribution >= 0.6 is 15.9 Å². The second-order valence-electron chi connectivity index (χ2n) is 6.75. The molecule has 0 aromatic heterocycles. The molecule has 0 amide bonds. The summed E-state index contributed by atoms with van der Waals surface area (Å²) in [5.41, 5.74) is 1.30. The van der Waals surface area contributed by atoms with Gasteiger partial charge >= 0.3 is 0 Å². The molecule has 3 heteroatoms. The van der Waals surface area contributed by atoms with Gasteiger partial charge in [-0.25, -0.2) is 0 Å². The number of hydrogen-bond donors (Lipinski definition) is 1. The quantitative estimate of drug-likeness (QED) is 0.791. The predicted octanol–water partition coefficient (Wildman–Crippen LogP) is 4.84. The van der Waals surface area contributed by atoms with E-state index in [0.29, 0.717) is 6.10 Å². The maximum absolute atomic E-state index is 6.49. The molecule has 3 atom stereocenters. The highest BCUT2D eigenvalue weighted by atomic mass is 79.9.